The predicted molar refractivity (Wildman–Crippen MR) is 30.0 cm³/mol. The summed E-state index contributed by atoms with van der Waals surface area (Å²) in [7, 11) is -4.03. The molecule has 0 aromatic heterocycles. The van der Waals surface area contributed by atoms with Crippen LogP contribution in [-0.2, 0) is 10.0 Å². The molecule has 0 aliphatic heterocycles. The molecule has 4 nitrogen and oxygen atoms in total. The van der Waals surface area contributed by atoms with Crippen LogP contribution in [0.3, 0.4) is 0 Å². The van der Waals surface area contributed by atoms with Crippen LogP contribution in [0, 0.1) is 0 Å². The van der Waals surface area contributed by atoms with E-state index in [-0.39, 0.29) is 0 Å². The molecule has 0 fully saturated rings. The fraction of sp³-hybridized carbons (Fsp3) is 1.00. The molecule has 0 radical (unpaired) electrons. The molecule has 0 amide bonds. The highest BCUT2D eigenvalue weighted by atomic mass is 32.2. The molecule has 0 saturated carbocycles. The van der Waals surface area contributed by atoms with Gasteiger partial charge in [0, 0.05) is 0 Å². The molecule has 0 aromatic carbocycles. The molecular formula is C3H6F3NO3S. The van der Waals surface area contributed by atoms with Gasteiger partial charge in [-0.25, -0.2) is 8.42 Å². The van der Waals surface area contributed by atoms with E-state index in [0.29, 0.717) is 6.26 Å². The van der Waals surface area contributed by atoms with Crippen LogP contribution in [0.1, 0.15) is 0 Å². The SMILES string of the molecule is CS(=O)(=O)NC(O)C(F)(F)F. The van der Waals surface area contributed by atoms with E-state index >= 15 is 0 Å². The van der Waals surface area contributed by atoms with Gasteiger partial charge in [0.1, 0.15) is 0 Å². The first-order valence-electron chi connectivity index (χ1n) is 2.35. The first-order valence-corrected chi connectivity index (χ1v) is 4.24. The molecule has 11 heavy (non-hydrogen) atoms. The van der Waals surface area contributed by atoms with Gasteiger partial charge in [0.2, 0.25) is 16.3 Å². The largest absolute Gasteiger partial charge is 0.428 e. The van der Waals surface area contributed by atoms with Crippen LogP contribution in [0.15, 0.2) is 0 Å². The molecular weight excluding hydrogens is 187 g/mol. The van der Waals surface area contributed by atoms with Crippen LogP contribution >= 0.6 is 0 Å². The summed E-state index contributed by atoms with van der Waals surface area (Å²) in [5.74, 6) is 0. The van der Waals surface area contributed by atoms with E-state index in [0.717, 1.165) is 4.72 Å². The summed E-state index contributed by atoms with van der Waals surface area (Å²) in [6.07, 6.45) is -7.48. The monoisotopic (exact) mass is 193 g/mol. The number of aliphatic hydroxyl groups excluding tert-OH is 1. The lowest BCUT2D eigenvalue weighted by atomic mass is 10.6. The Bertz CT molecular complexity index is 220. The number of alkyl halides is 3. The zero-order chi connectivity index (χ0) is 9.28. The van der Waals surface area contributed by atoms with Crippen molar-refractivity contribution in [2.24, 2.45) is 0 Å². The summed E-state index contributed by atoms with van der Waals surface area (Å²) < 4.78 is 55.4. The standard InChI is InChI=1S/C3H6F3NO3S/c1-11(9,10)7-2(8)3(4,5)6/h2,7-8H,1H3. The Labute approximate surface area is 61.1 Å². The molecule has 0 heterocycles. The number of nitrogens with one attached hydrogen (secondary N) is 1. The van der Waals surface area contributed by atoms with Crippen molar-refractivity contribution in [3.05, 3.63) is 0 Å². The van der Waals surface area contributed by atoms with Crippen molar-refractivity contribution in [2.45, 2.75) is 12.4 Å². The molecule has 0 aromatic rings. The average Bonchev–Trinajstić information content (AvgIpc) is 1.56. The van der Waals surface area contributed by atoms with Crippen LogP contribution in [0.25, 0.3) is 0 Å². The first kappa shape index (κ1) is 10.7. The Morgan fingerprint density at radius 2 is 1.82 bits per heavy atom. The minimum absolute atomic E-state index is 0.516. The maximum absolute atomic E-state index is 11.4. The van der Waals surface area contributed by atoms with Gasteiger partial charge in [0.05, 0.1) is 6.26 Å². The molecule has 1 unspecified atom stereocenters. The Hall–Kier alpha value is -0.340. The topological polar surface area (TPSA) is 66.4 Å². The highest BCUT2D eigenvalue weighted by Crippen LogP contribution is 2.18. The summed E-state index contributed by atoms with van der Waals surface area (Å²) in [4.78, 5) is 0. The minimum Gasteiger partial charge on any atom is -0.369 e. The fourth-order valence-electron chi connectivity index (χ4n) is 0.270. The second-order valence-electron chi connectivity index (χ2n) is 1.83. The van der Waals surface area contributed by atoms with Gasteiger partial charge < -0.3 is 5.11 Å². The van der Waals surface area contributed by atoms with Crippen LogP contribution in [0.5, 0.6) is 0 Å². The Morgan fingerprint density at radius 1 is 1.45 bits per heavy atom. The van der Waals surface area contributed by atoms with E-state index in [9.17, 15) is 21.6 Å². The molecule has 1 atom stereocenters. The minimum atomic E-state index is -4.97. The zero-order valence-electron chi connectivity index (χ0n) is 5.38. The molecule has 0 saturated heterocycles. The maximum Gasteiger partial charge on any atom is 0.428 e. The molecule has 0 aliphatic carbocycles. The number of halogens is 3. The van der Waals surface area contributed by atoms with Crippen molar-refractivity contribution in [1.82, 2.24) is 4.72 Å². The molecule has 2 N–H and O–H groups in total. The molecule has 0 bridgehead atoms. The van der Waals surface area contributed by atoms with E-state index in [4.69, 9.17) is 5.11 Å². The number of aliphatic hydroxyl groups is 1. The summed E-state index contributed by atoms with van der Waals surface area (Å²) >= 11 is 0. The van der Waals surface area contributed by atoms with E-state index < -0.39 is 22.4 Å². The van der Waals surface area contributed by atoms with Gasteiger partial charge in [-0.05, 0) is 0 Å². The lowest BCUT2D eigenvalue weighted by molar-refractivity contribution is -0.206. The lowest BCUT2D eigenvalue weighted by Crippen LogP contribution is -2.44. The van der Waals surface area contributed by atoms with Crippen molar-refractivity contribution in [2.75, 3.05) is 6.26 Å². The number of hydrogen-bond donors (Lipinski definition) is 2. The fourth-order valence-corrected chi connectivity index (χ4v) is 0.809. The normalized spacial score (nSPS) is 16.5. The molecule has 0 aliphatic rings. The van der Waals surface area contributed by atoms with Crippen LogP contribution in [-0.4, -0.2) is 32.2 Å². The second kappa shape index (κ2) is 2.95. The number of hydrogen-bond acceptors (Lipinski definition) is 3. The molecule has 68 valence electrons. The van der Waals surface area contributed by atoms with Crippen LogP contribution in [0.2, 0.25) is 0 Å². The quantitative estimate of drug-likeness (QED) is 0.576. The molecule has 0 spiro atoms. The zero-order valence-corrected chi connectivity index (χ0v) is 6.20. The Morgan fingerprint density at radius 3 is 1.91 bits per heavy atom. The van der Waals surface area contributed by atoms with Crippen molar-refractivity contribution in [1.29, 1.82) is 0 Å². The highest BCUT2D eigenvalue weighted by molar-refractivity contribution is 7.88. The van der Waals surface area contributed by atoms with Crippen molar-refractivity contribution in [3.63, 3.8) is 0 Å². The van der Waals surface area contributed by atoms with Gasteiger partial charge in [0.15, 0.2) is 0 Å². The number of sulfonamides is 1. The number of rotatable bonds is 2. The third kappa shape index (κ3) is 4.99. The van der Waals surface area contributed by atoms with Crippen molar-refractivity contribution < 1.29 is 26.7 Å². The second-order valence-corrected chi connectivity index (χ2v) is 3.61. The molecule has 8 heteroatoms. The van der Waals surface area contributed by atoms with Gasteiger partial charge in [-0.1, -0.05) is 0 Å². The highest BCUT2D eigenvalue weighted by Gasteiger charge is 2.39. The maximum atomic E-state index is 11.4. The Kier molecular flexibility index (Phi) is 2.86. The van der Waals surface area contributed by atoms with Gasteiger partial charge in [-0.2, -0.15) is 17.9 Å². The Balaban J connectivity index is 4.21. The van der Waals surface area contributed by atoms with E-state index in [1.54, 1.807) is 0 Å². The van der Waals surface area contributed by atoms with Crippen LogP contribution < -0.4 is 4.72 Å². The van der Waals surface area contributed by atoms with E-state index in [1.165, 1.54) is 0 Å². The predicted octanol–water partition coefficient (Wildman–Crippen LogP) is -0.584. The van der Waals surface area contributed by atoms with Crippen molar-refractivity contribution in [3.8, 4) is 0 Å². The summed E-state index contributed by atoms with van der Waals surface area (Å²) in [5, 5.41) is 8.11. The van der Waals surface area contributed by atoms with E-state index in [2.05, 4.69) is 0 Å². The van der Waals surface area contributed by atoms with Gasteiger partial charge in [0.25, 0.3) is 0 Å². The smallest absolute Gasteiger partial charge is 0.369 e. The third-order valence-corrected chi connectivity index (χ3v) is 1.29. The molecule has 0 rings (SSSR count). The van der Waals surface area contributed by atoms with Gasteiger partial charge in [-0.15, -0.1) is 0 Å². The van der Waals surface area contributed by atoms with Gasteiger partial charge in [-0.3, -0.25) is 0 Å². The van der Waals surface area contributed by atoms with Gasteiger partial charge >= 0.3 is 6.18 Å². The third-order valence-electron chi connectivity index (χ3n) is 0.636. The first-order chi connectivity index (χ1) is 4.63. The average molecular weight is 193 g/mol. The summed E-state index contributed by atoms with van der Waals surface area (Å²) in [6.45, 7) is 0. The van der Waals surface area contributed by atoms with E-state index in [1.807, 2.05) is 0 Å². The lowest BCUT2D eigenvalue weighted by Gasteiger charge is -2.13. The summed E-state index contributed by atoms with van der Waals surface area (Å²) in [6, 6.07) is 0. The summed E-state index contributed by atoms with van der Waals surface area (Å²) in [5.41, 5.74) is 0. The van der Waals surface area contributed by atoms with Crippen LogP contribution in [0.4, 0.5) is 13.2 Å². The van der Waals surface area contributed by atoms with Crippen molar-refractivity contribution >= 4 is 10.0 Å².